The van der Waals surface area contributed by atoms with E-state index in [1.807, 2.05) is 18.2 Å². The number of hydrogen-bond donors (Lipinski definition) is 0. The van der Waals surface area contributed by atoms with Crippen molar-refractivity contribution in [1.29, 1.82) is 0 Å². The molecule has 3 aromatic carbocycles. The van der Waals surface area contributed by atoms with E-state index in [-0.39, 0.29) is 11.5 Å². The van der Waals surface area contributed by atoms with Crippen LogP contribution < -0.4 is 18.9 Å². The van der Waals surface area contributed by atoms with Crippen molar-refractivity contribution in [3.05, 3.63) is 88.7 Å². The van der Waals surface area contributed by atoms with Crippen LogP contribution in [0.2, 0.25) is 0 Å². The Balaban J connectivity index is 1.59. The second kappa shape index (κ2) is 8.36. The maximum atomic E-state index is 12.9. The number of benzene rings is 3. The van der Waals surface area contributed by atoms with Crippen LogP contribution in [0.4, 0.5) is 0 Å². The highest BCUT2D eigenvalue weighted by Gasteiger charge is 2.30. The van der Waals surface area contributed by atoms with E-state index in [1.165, 1.54) is 0 Å². The smallest absolute Gasteiger partial charge is 0.343 e. The van der Waals surface area contributed by atoms with Gasteiger partial charge in [-0.1, -0.05) is 18.2 Å². The van der Waals surface area contributed by atoms with Crippen LogP contribution in [-0.4, -0.2) is 26.0 Å². The van der Waals surface area contributed by atoms with Gasteiger partial charge in [-0.3, -0.25) is 4.79 Å². The van der Waals surface area contributed by atoms with Gasteiger partial charge in [0.25, 0.3) is 0 Å². The molecule has 6 nitrogen and oxygen atoms in total. The van der Waals surface area contributed by atoms with Crippen molar-refractivity contribution in [1.82, 2.24) is 0 Å². The highest BCUT2D eigenvalue weighted by molar-refractivity contribution is 6.15. The Hall–Kier alpha value is -4.06. The van der Waals surface area contributed by atoms with E-state index >= 15 is 0 Å². The Morgan fingerprint density at radius 2 is 1.68 bits per heavy atom. The van der Waals surface area contributed by atoms with Crippen molar-refractivity contribution >= 4 is 17.8 Å². The minimum absolute atomic E-state index is 0.182. The molecule has 0 aromatic heterocycles. The number of hydrogen-bond acceptors (Lipinski definition) is 6. The van der Waals surface area contributed by atoms with Gasteiger partial charge < -0.3 is 18.9 Å². The molecule has 0 fully saturated rings. The average molecular weight is 416 g/mol. The predicted molar refractivity (Wildman–Crippen MR) is 115 cm³/mol. The summed E-state index contributed by atoms with van der Waals surface area (Å²) in [6.45, 7) is 1.77. The Kier molecular flexibility index (Phi) is 5.45. The van der Waals surface area contributed by atoms with Crippen LogP contribution in [0.3, 0.4) is 0 Å². The maximum Gasteiger partial charge on any atom is 0.343 e. The van der Waals surface area contributed by atoms with E-state index in [0.29, 0.717) is 39.7 Å². The molecular weight excluding hydrogens is 396 g/mol. The second-order valence-corrected chi connectivity index (χ2v) is 6.91. The quantitative estimate of drug-likeness (QED) is 0.336. The molecule has 0 spiro atoms. The zero-order valence-corrected chi connectivity index (χ0v) is 17.3. The number of rotatable bonds is 5. The van der Waals surface area contributed by atoms with Crippen molar-refractivity contribution in [3.8, 4) is 23.0 Å². The molecule has 4 rings (SSSR count). The van der Waals surface area contributed by atoms with Gasteiger partial charge >= 0.3 is 5.97 Å². The fourth-order valence-electron chi connectivity index (χ4n) is 3.36. The molecule has 31 heavy (non-hydrogen) atoms. The van der Waals surface area contributed by atoms with Crippen molar-refractivity contribution in [2.45, 2.75) is 6.92 Å². The van der Waals surface area contributed by atoms with E-state index in [1.54, 1.807) is 69.7 Å². The molecular formula is C25H20O6. The van der Waals surface area contributed by atoms with Gasteiger partial charge in [0, 0.05) is 11.6 Å². The average Bonchev–Trinajstić information content (AvgIpc) is 3.09. The van der Waals surface area contributed by atoms with Crippen LogP contribution in [0.1, 0.15) is 31.8 Å². The number of aryl methyl sites for hydroxylation is 1. The van der Waals surface area contributed by atoms with Crippen molar-refractivity contribution in [2.75, 3.05) is 14.2 Å². The monoisotopic (exact) mass is 416 g/mol. The van der Waals surface area contributed by atoms with Gasteiger partial charge in [-0.05, 0) is 55.0 Å². The molecule has 0 bridgehead atoms. The molecule has 0 saturated heterocycles. The molecule has 0 saturated carbocycles. The van der Waals surface area contributed by atoms with Gasteiger partial charge in [-0.2, -0.15) is 0 Å². The van der Waals surface area contributed by atoms with Crippen molar-refractivity contribution in [2.24, 2.45) is 0 Å². The number of allylic oxidation sites excluding steroid dienone is 1. The number of carbonyl (C=O) groups excluding carboxylic acids is 2. The molecule has 3 aromatic rings. The lowest BCUT2D eigenvalue weighted by atomic mass is 10.0. The topological polar surface area (TPSA) is 71.1 Å². The number of Topliss-reactive ketones (excluding diaryl/α,β-unsaturated/α-hetero) is 1. The third kappa shape index (κ3) is 4.00. The summed E-state index contributed by atoms with van der Waals surface area (Å²) >= 11 is 0. The van der Waals surface area contributed by atoms with Crippen LogP contribution in [0.15, 0.2) is 66.4 Å². The summed E-state index contributed by atoms with van der Waals surface area (Å²) in [7, 11) is 3.12. The summed E-state index contributed by atoms with van der Waals surface area (Å²) in [5, 5.41) is 0. The Morgan fingerprint density at radius 3 is 2.39 bits per heavy atom. The molecule has 1 aliphatic rings. The van der Waals surface area contributed by atoms with Gasteiger partial charge in [0.15, 0.2) is 5.76 Å². The van der Waals surface area contributed by atoms with E-state index in [4.69, 9.17) is 18.9 Å². The molecule has 1 aliphatic heterocycles. The van der Waals surface area contributed by atoms with Gasteiger partial charge in [0.2, 0.25) is 5.78 Å². The first-order valence-electron chi connectivity index (χ1n) is 9.58. The van der Waals surface area contributed by atoms with Crippen molar-refractivity contribution in [3.63, 3.8) is 0 Å². The molecule has 0 N–H and O–H groups in total. The van der Waals surface area contributed by atoms with Crippen LogP contribution >= 0.6 is 0 Å². The highest BCUT2D eigenvalue weighted by Crippen LogP contribution is 2.38. The summed E-state index contributed by atoms with van der Waals surface area (Å²) < 4.78 is 21.7. The van der Waals surface area contributed by atoms with E-state index in [2.05, 4.69) is 0 Å². The van der Waals surface area contributed by atoms with E-state index < -0.39 is 5.97 Å². The molecule has 0 unspecified atom stereocenters. The number of esters is 1. The summed E-state index contributed by atoms with van der Waals surface area (Å²) in [4.78, 5) is 25.4. The lowest BCUT2D eigenvalue weighted by molar-refractivity contribution is 0.0734. The van der Waals surface area contributed by atoms with Crippen LogP contribution in [0, 0.1) is 6.92 Å². The normalized spacial score (nSPS) is 13.5. The number of ether oxygens (including phenoxy) is 4. The van der Waals surface area contributed by atoms with Gasteiger partial charge in [0.05, 0.1) is 25.3 Å². The summed E-state index contributed by atoms with van der Waals surface area (Å²) in [6, 6.07) is 17.1. The maximum absolute atomic E-state index is 12.9. The summed E-state index contributed by atoms with van der Waals surface area (Å²) in [6.07, 6.45) is 1.64. The highest BCUT2D eigenvalue weighted by atomic mass is 16.5. The lowest BCUT2D eigenvalue weighted by Gasteiger charge is -2.08. The van der Waals surface area contributed by atoms with Crippen LogP contribution in [-0.2, 0) is 0 Å². The fraction of sp³-hybridized carbons (Fsp3) is 0.120. The fourth-order valence-corrected chi connectivity index (χ4v) is 3.36. The number of carbonyl (C=O) groups is 2. The van der Waals surface area contributed by atoms with Crippen LogP contribution in [0.25, 0.3) is 6.08 Å². The first-order valence-corrected chi connectivity index (χ1v) is 9.58. The predicted octanol–water partition coefficient (Wildman–Crippen LogP) is 4.85. The summed E-state index contributed by atoms with van der Waals surface area (Å²) in [5.74, 6) is 1.36. The van der Waals surface area contributed by atoms with Gasteiger partial charge in [-0.25, -0.2) is 4.79 Å². The van der Waals surface area contributed by atoms with Crippen LogP contribution in [0.5, 0.6) is 23.0 Å². The summed E-state index contributed by atoms with van der Waals surface area (Å²) in [5.41, 5.74) is 2.21. The number of para-hydroxylation sites is 1. The largest absolute Gasteiger partial charge is 0.497 e. The Bertz CT molecular complexity index is 1190. The molecule has 1 heterocycles. The minimum atomic E-state index is -0.517. The number of ketones is 1. The third-order valence-corrected chi connectivity index (χ3v) is 4.91. The molecule has 156 valence electrons. The van der Waals surface area contributed by atoms with E-state index in [0.717, 1.165) is 5.56 Å². The van der Waals surface area contributed by atoms with Gasteiger partial charge in [0.1, 0.15) is 23.0 Å². The molecule has 0 aliphatic carbocycles. The SMILES string of the molecule is COc1ccc(C(=O)Oc2cc(C)c3c(c2)O/C(=C\c2ccccc2OC)C3=O)cc1. The minimum Gasteiger partial charge on any atom is -0.497 e. The first-order chi connectivity index (χ1) is 15.0. The second-order valence-electron chi connectivity index (χ2n) is 6.91. The van der Waals surface area contributed by atoms with E-state index in [9.17, 15) is 9.59 Å². The molecule has 0 amide bonds. The molecule has 6 heteroatoms. The third-order valence-electron chi connectivity index (χ3n) is 4.91. The molecule has 0 atom stereocenters. The first kappa shape index (κ1) is 20.2. The Morgan fingerprint density at radius 1 is 0.935 bits per heavy atom. The number of methoxy groups -OCH3 is 2. The molecule has 0 radical (unpaired) electrons. The lowest BCUT2D eigenvalue weighted by Crippen LogP contribution is -2.08. The zero-order chi connectivity index (χ0) is 22.0. The standard InChI is InChI=1S/C25H20O6/c1-15-12-19(30-25(27)16-8-10-18(28-2)11-9-16)14-21-23(15)24(26)22(31-21)13-17-6-4-5-7-20(17)29-3/h4-14H,1-3H3/b22-13-. The number of fused-ring (bicyclic) bond motifs is 1. The van der Waals surface area contributed by atoms with Crippen molar-refractivity contribution < 1.29 is 28.5 Å². The van der Waals surface area contributed by atoms with Gasteiger partial charge in [-0.15, -0.1) is 0 Å². The zero-order valence-electron chi connectivity index (χ0n) is 17.3. The Labute approximate surface area is 179 Å².